The predicted molar refractivity (Wildman–Crippen MR) is 77.3 cm³/mol. The summed E-state index contributed by atoms with van der Waals surface area (Å²) in [7, 11) is 1.91. The Bertz CT molecular complexity index is 546. The number of ether oxygens (including phenoxy) is 1. The summed E-state index contributed by atoms with van der Waals surface area (Å²) in [5.41, 5.74) is 3.30. The molecule has 19 heavy (non-hydrogen) atoms. The van der Waals surface area contributed by atoms with Gasteiger partial charge in [0, 0.05) is 5.56 Å². The summed E-state index contributed by atoms with van der Waals surface area (Å²) in [5.74, 6) is 1.88. The second kappa shape index (κ2) is 5.89. The fourth-order valence-corrected chi connectivity index (χ4v) is 1.97. The highest BCUT2D eigenvalue weighted by atomic mass is 16.5. The summed E-state index contributed by atoms with van der Waals surface area (Å²) >= 11 is 0. The number of rotatable bonds is 5. The van der Waals surface area contributed by atoms with Crippen LogP contribution in [0.25, 0.3) is 11.3 Å². The largest absolute Gasteiger partial charge is 0.491 e. The maximum Gasteiger partial charge on any atom is 0.122 e. The van der Waals surface area contributed by atoms with Crippen LogP contribution in [-0.4, -0.2) is 23.1 Å². The van der Waals surface area contributed by atoms with Gasteiger partial charge < -0.3 is 15.0 Å². The molecule has 0 fully saturated rings. The zero-order valence-electron chi connectivity index (χ0n) is 11.9. The second-order valence-corrected chi connectivity index (χ2v) is 4.92. The summed E-state index contributed by atoms with van der Waals surface area (Å²) in [5, 5.41) is 3.08. The van der Waals surface area contributed by atoms with E-state index >= 15 is 0 Å². The average Bonchev–Trinajstić information content (AvgIpc) is 2.80. The number of imidazole rings is 1. The summed E-state index contributed by atoms with van der Waals surface area (Å²) in [4.78, 5) is 7.64. The Balaban J connectivity index is 2.22. The molecule has 1 aromatic heterocycles. The maximum absolute atomic E-state index is 5.74. The minimum Gasteiger partial charge on any atom is -0.491 e. The van der Waals surface area contributed by atoms with E-state index < -0.39 is 0 Å². The molecular formula is C15H21N3O. The van der Waals surface area contributed by atoms with Crippen molar-refractivity contribution in [2.45, 2.75) is 33.4 Å². The first-order valence-corrected chi connectivity index (χ1v) is 6.56. The molecule has 102 valence electrons. The van der Waals surface area contributed by atoms with Crippen molar-refractivity contribution in [3.63, 3.8) is 0 Å². The number of hydrogen-bond acceptors (Lipinski definition) is 3. The van der Waals surface area contributed by atoms with Crippen LogP contribution >= 0.6 is 0 Å². The van der Waals surface area contributed by atoms with E-state index in [-0.39, 0.29) is 6.10 Å². The molecule has 0 saturated heterocycles. The highest BCUT2D eigenvalue weighted by Crippen LogP contribution is 2.25. The van der Waals surface area contributed by atoms with Gasteiger partial charge in [0.25, 0.3) is 0 Å². The molecule has 2 rings (SSSR count). The third-order valence-electron chi connectivity index (χ3n) is 2.82. The van der Waals surface area contributed by atoms with Crippen LogP contribution in [0.1, 0.15) is 25.2 Å². The number of aryl methyl sites for hydroxylation is 1. The first kappa shape index (κ1) is 13.6. The van der Waals surface area contributed by atoms with Gasteiger partial charge in [0.05, 0.1) is 24.5 Å². The molecule has 1 heterocycles. The number of benzene rings is 1. The van der Waals surface area contributed by atoms with Gasteiger partial charge in [-0.05, 0) is 51.6 Å². The van der Waals surface area contributed by atoms with Gasteiger partial charge in [0.1, 0.15) is 11.6 Å². The van der Waals surface area contributed by atoms with Gasteiger partial charge in [0.15, 0.2) is 0 Å². The molecule has 0 unspecified atom stereocenters. The van der Waals surface area contributed by atoms with E-state index in [9.17, 15) is 0 Å². The molecule has 2 aromatic rings. The van der Waals surface area contributed by atoms with Crippen molar-refractivity contribution in [3.05, 3.63) is 35.8 Å². The lowest BCUT2D eigenvalue weighted by Gasteiger charge is -2.13. The minimum atomic E-state index is 0.193. The highest BCUT2D eigenvalue weighted by Gasteiger charge is 2.07. The fourth-order valence-electron chi connectivity index (χ4n) is 1.97. The summed E-state index contributed by atoms with van der Waals surface area (Å²) in [6, 6.07) is 6.19. The molecule has 0 amide bonds. The molecule has 0 spiro atoms. The third kappa shape index (κ3) is 3.35. The van der Waals surface area contributed by atoms with Gasteiger partial charge >= 0.3 is 0 Å². The van der Waals surface area contributed by atoms with E-state index in [0.29, 0.717) is 0 Å². The molecule has 1 aromatic carbocycles. The Kier molecular flexibility index (Phi) is 4.22. The molecule has 0 aliphatic carbocycles. The first-order valence-electron chi connectivity index (χ1n) is 6.56. The first-order chi connectivity index (χ1) is 9.10. The number of nitrogens with one attached hydrogen (secondary N) is 2. The lowest BCUT2D eigenvalue weighted by molar-refractivity contribution is 0.241. The van der Waals surface area contributed by atoms with Crippen LogP contribution in [0.15, 0.2) is 24.4 Å². The third-order valence-corrected chi connectivity index (χ3v) is 2.82. The molecule has 4 heteroatoms. The molecular weight excluding hydrogens is 238 g/mol. The van der Waals surface area contributed by atoms with E-state index in [0.717, 1.165) is 34.9 Å². The van der Waals surface area contributed by atoms with Crippen LogP contribution in [0.4, 0.5) is 0 Å². The monoisotopic (exact) mass is 259 g/mol. The van der Waals surface area contributed by atoms with Crippen molar-refractivity contribution in [2.24, 2.45) is 0 Å². The van der Waals surface area contributed by atoms with Crippen molar-refractivity contribution in [3.8, 4) is 17.0 Å². The van der Waals surface area contributed by atoms with E-state index in [4.69, 9.17) is 4.74 Å². The van der Waals surface area contributed by atoms with Crippen LogP contribution in [0, 0.1) is 6.92 Å². The number of hydrogen-bond donors (Lipinski definition) is 2. The summed E-state index contributed by atoms with van der Waals surface area (Å²) in [6.07, 6.45) is 2.06. The van der Waals surface area contributed by atoms with E-state index in [1.807, 2.05) is 33.2 Å². The lowest BCUT2D eigenvalue weighted by Crippen LogP contribution is -2.06. The van der Waals surface area contributed by atoms with Crippen LogP contribution < -0.4 is 10.1 Å². The van der Waals surface area contributed by atoms with Crippen LogP contribution in [0.2, 0.25) is 0 Å². The smallest absolute Gasteiger partial charge is 0.122 e. The molecule has 0 atom stereocenters. The average molecular weight is 259 g/mol. The number of aromatic nitrogens is 2. The standard InChI is InChI=1S/C15H21N3O/c1-10(2)19-14-6-5-12(7-11(14)3)13-8-17-15(18-13)9-16-4/h5-8,10,16H,9H2,1-4H3,(H,17,18). The van der Waals surface area contributed by atoms with Gasteiger partial charge in [-0.1, -0.05) is 0 Å². The molecule has 2 N–H and O–H groups in total. The van der Waals surface area contributed by atoms with Gasteiger partial charge in [-0.3, -0.25) is 0 Å². The van der Waals surface area contributed by atoms with Crippen molar-refractivity contribution >= 4 is 0 Å². The van der Waals surface area contributed by atoms with E-state index in [1.165, 1.54) is 0 Å². The van der Waals surface area contributed by atoms with Gasteiger partial charge in [-0.15, -0.1) is 0 Å². The Labute approximate surface area is 114 Å². The Morgan fingerprint density at radius 1 is 1.37 bits per heavy atom. The van der Waals surface area contributed by atoms with E-state index in [1.54, 1.807) is 0 Å². The van der Waals surface area contributed by atoms with Crippen molar-refractivity contribution in [2.75, 3.05) is 7.05 Å². The zero-order chi connectivity index (χ0) is 13.8. The Morgan fingerprint density at radius 3 is 2.79 bits per heavy atom. The Hall–Kier alpha value is -1.81. The van der Waals surface area contributed by atoms with Crippen molar-refractivity contribution in [1.82, 2.24) is 15.3 Å². The normalized spacial score (nSPS) is 11.0. The van der Waals surface area contributed by atoms with Crippen LogP contribution in [0.5, 0.6) is 5.75 Å². The molecule has 4 nitrogen and oxygen atoms in total. The summed E-state index contributed by atoms with van der Waals surface area (Å²) in [6.45, 7) is 6.87. The maximum atomic E-state index is 5.74. The second-order valence-electron chi connectivity index (χ2n) is 4.92. The highest BCUT2D eigenvalue weighted by molar-refractivity contribution is 5.61. The van der Waals surface area contributed by atoms with Crippen LogP contribution in [-0.2, 0) is 6.54 Å². The number of H-pyrrole nitrogens is 1. The molecule has 0 saturated carbocycles. The van der Waals surface area contributed by atoms with Gasteiger partial charge in [-0.25, -0.2) is 4.98 Å². The zero-order valence-corrected chi connectivity index (χ0v) is 11.9. The number of aromatic amines is 1. The molecule has 0 aliphatic rings. The summed E-state index contributed by atoms with van der Waals surface area (Å²) < 4.78 is 5.74. The fraction of sp³-hybridized carbons (Fsp3) is 0.400. The van der Waals surface area contributed by atoms with Crippen LogP contribution in [0.3, 0.4) is 0 Å². The van der Waals surface area contributed by atoms with Gasteiger partial charge in [0.2, 0.25) is 0 Å². The van der Waals surface area contributed by atoms with Crippen molar-refractivity contribution in [1.29, 1.82) is 0 Å². The molecule has 0 bridgehead atoms. The topological polar surface area (TPSA) is 49.9 Å². The molecule has 0 aliphatic heterocycles. The van der Waals surface area contributed by atoms with E-state index in [2.05, 4.69) is 34.3 Å². The SMILES string of the molecule is CNCc1ncc(-c2ccc(OC(C)C)c(C)c2)[nH]1. The molecule has 0 radical (unpaired) electrons. The quantitative estimate of drug-likeness (QED) is 0.868. The lowest BCUT2D eigenvalue weighted by atomic mass is 10.1. The van der Waals surface area contributed by atoms with Gasteiger partial charge in [-0.2, -0.15) is 0 Å². The number of nitrogens with zero attached hydrogens (tertiary/aromatic N) is 1. The predicted octanol–water partition coefficient (Wildman–Crippen LogP) is 2.89. The minimum absolute atomic E-state index is 0.193. The van der Waals surface area contributed by atoms with Crippen molar-refractivity contribution < 1.29 is 4.74 Å². The Morgan fingerprint density at radius 2 is 2.16 bits per heavy atom.